The number of hydrogen-bond acceptors (Lipinski definition) is 4. The fourth-order valence-corrected chi connectivity index (χ4v) is 1.90. The summed E-state index contributed by atoms with van der Waals surface area (Å²) in [6.45, 7) is 0. The zero-order valence-electron chi connectivity index (χ0n) is 8.95. The molecule has 1 aromatic heterocycles. The molecule has 88 valence electrons. The number of aromatic nitrogens is 2. The molecule has 4 nitrogen and oxygen atoms in total. The monoisotopic (exact) mass is 361 g/mol. The van der Waals surface area contributed by atoms with Crippen molar-refractivity contribution in [2.45, 2.75) is 0 Å². The van der Waals surface area contributed by atoms with Crippen LogP contribution in [0.4, 0.5) is 5.82 Å². The van der Waals surface area contributed by atoms with Crippen molar-refractivity contribution in [1.82, 2.24) is 9.97 Å². The Morgan fingerprint density at radius 1 is 1.41 bits per heavy atom. The summed E-state index contributed by atoms with van der Waals surface area (Å²) in [5, 5.41) is 0.532. The third kappa shape index (κ3) is 2.44. The number of nitrogens with two attached hydrogens (primary N) is 1. The molecule has 1 heterocycles. The predicted molar refractivity (Wildman–Crippen MR) is 76.2 cm³/mol. The molecule has 0 fully saturated rings. The number of benzene rings is 1. The highest BCUT2D eigenvalue weighted by molar-refractivity contribution is 14.1. The van der Waals surface area contributed by atoms with E-state index in [9.17, 15) is 0 Å². The summed E-state index contributed by atoms with van der Waals surface area (Å²) in [5.41, 5.74) is 6.41. The lowest BCUT2D eigenvalue weighted by atomic mass is 10.2. The van der Waals surface area contributed by atoms with E-state index in [1.165, 1.54) is 0 Å². The molecule has 2 N–H and O–H groups in total. The fraction of sp³-hybridized carbons (Fsp3) is 0.0909. The van der Waals surface area contributed by atoms with Crippen LogP contribution in [-0.2, 0) is 0 Å². The highest BCUT2D eigenvalue weighted by atomic mass is 127. The van der Waals surface area contributed by atoms with Gasteiger partial charge in [-0.3, -0.25) is 0 Å². The number of halogens is 2. The minimum atomic E-state index is 0.428. The molecule has 2 aromatic rings. The first-order valence-electron chi connectivity index (χ1n) is 4.74. The molecule has 6 heteroatoms. The summed E-state index contributed by atoms with van der Waals surface area (Å²) >= 11 is 8.20. The highest BCUT2D eigenvalue weighted by Crippen LogP contribution is 2.34. The lowest BCUT2D eigenvalue weighted by Crippen LogP contribution is -2.00. The molecule has 0 aliphatic carbocycles. The molecule has 0 unspecified atom stereocenters. The number of ether oxygens (including phenoxy) is 1. The van der Waals surface area contributed by atoms with Crippen LogP contribution in [0.1, 0.15) is 0 Å². The number of methoxy groups -OCH3 is 1. The summed E-state index contributed by atoms with van der Waals surface area (Å²) in [6, 6.07) is 5.37. The zero-order valence-corrected chi connectivity index (χ0v) is 11.9. The second-order valence-electron chi connectivity index (χ2n) is 3.24. The van der Waals surface area contributed by atoms with Crippen molar-refractivity contribution in [3.63, 3.8) is 0 Å². The van der Waals surface area contributed by atoms with Crippen LogP contribution in [0.15, 0.2) is 24.4 Å². The molecule has 2 rings (SSSR count). The molecular formula is C11H9ClIN3O. The first-order chi connectivity index (χ1) is 8.13. The van der Waals surface area contributed by atoms with Crippen molar-refractivity contribution >= 4 is 40.0 Å². The van der Waals surface area contributed by atoms with E-state index < -0.39 is 0 Å². The minimum Gasteiger partial charge on any atom is -0.496 e. The molecule has 0 aliphatic rings. The van der Waals surface area contributed by atoms with Gasteiger partial charge in [-0.15, -0.1) is 0 Å². The molecule has 17 heavy (non-hydrogen) atoms. The van der Waals surface area contributed by atoms with Gasteiger partial charge in [0.2, 0.25) is 0 Å². The Bertz CT molecular complexity index is 562. The van der Waals surface area contributed by atoms with Crippen molar-refractivity contribution < 1.29 is 4.74 Å². The molecular weight excluding hydrogens is 352 g/mol. The van der Waals surface area contributed by atoms with Crippen LogP contribution < -0.4 is 10.5 Å². The van der Waals surface area contributed by atoms with E-state index in [-0.39, 0.29) is 0 Å². The van der Waals surface area contributed by atoms with E-state index in [1.807, 2.05) is 0 Å². The van der Waals surface area contributed by atoms with Crippen LogP contribution in [0, 0.1) is 3.57 Å². The molecule has 0 saturated heterocycles. The largest absolute Gasteiger partial charge is 0.496 e. The second kappa shape index (κ2) is 5.05. The third-order valence-corrected chi connectivity index (χ3v) is 3.34. The Kier molecular flexibility index (Phi) is 3.68. The second-order valence-corrected chi connectivity index (χ2v) is 4.81. The summed E-state index contributed by atoms with van der Waals surface area (Å²) in [5.74, 6) is 1.51. The van der Waals surface area contributed by atoms with Gasteiger partial charge in [-0.2, -0.15) is 0 Å². The average Bonchev–Trinajstić information content (AvgIpc) is 2.32. The molecule has 0 aliphatic heterocycles. The highest BCUT2D eigenvalue weighted by Gasteiger charge is 2.13. The lowest BCUT2D eigenvalue weighted by Gasteiger charge is -2.09. The predicted octanol–water partition coefficient (Wildman–Crippen LogP) is 2.99. The molecule has 0 bridgehead atoms. The van der Waals surface area contributed by atoms with E-state index in [4.69, 9.17) is 22.1 Å². The van der Waals surface area contributed by atoms with Crippen LogP contribution >= 0.6 is 34.2 Å². The maximum Gasteiger partial charge on any atom is 0.166 e. The van der Waals surface area contributed by atoms with Gasteiger partial charge in [0.1, 0.15) is 11.6 Å². The number of anilines is 1. The number of nitrogen functional groups attached to an aromatic ring is 1. The number of nitrogens with zero attached hydrogens (tertiary/aromatic N) is 2. The van der Waals surface area contributed by atoms with E-state index in [0.717, 1.165) is 3.57 Å². The van der Waals surface area contributed by atoms with Gasteiger partial charge < -0.3 is 10.5 Å². The summed E-state index contributed by atoms with van der Waals surface area (Å²) < 4.78 is 6.05. The van der Waals surface area contributed by atoms with Gasteiger partial charge in [0.15, 0.2) is 5.82 Å². The van der Waals surface area contributed by atoms with Gasteiger partial charge in [-0.1, -0.05) is 17.7 Å². The maximum absolute atomic E-state index is 6.13. The van der Waals surface area contributed by atoms with Crippen molar-refractivity contribution in [3.05, 3.63) is 33.0 Å². The van der Waals surface area contributed by atoms with E-state index >= 15 is 0 Å². The van der Waals surface area contributed by atoms with Gasteiger partial charge in [-0.05, 0) is 34.7 Å². The van der Waals surface area contributed by atoms with E-state index in [0.29, 0.717) is 28.0 Å². The third-order valence-electron chi connectivity index (χ3n) is 2.19. The first-order valence-corrected chi connectivity index (χ1v) is 6.20. The fourth-order valence-electron chi connectivity index (χ4n) is 1.39. The Morgan fingerprint density at radius 3 is 2.82 bits per heavy atom. The number of rotatable bonds is 2. The molecule has 0 amide bonds. The SMILES string of the molecule is COc1cccc(Cl)c1-c1ncc(I)c(N)n1. The molecule has 0 saturated carbocycles. The normalized spacial score (nSPS) is 10.3. The summed E-state index contributed by atoms with van der Waals surface area (Å²) in [7, 11) is 1.57. The Balaban J connectivity index is 2.63. The maximum atomic E-state index is 6.13. The Hall–Kier alpha value is -1.08. The summed E-state index contributed by atoms with van der Waals surface area (Å²) in [4.78, 5) is 8.42. The summed E-state index contributed by atoms with van der Waals surface area (Å²) in [6.07, 6.45) is 1.65. The van der Waals surface area contributed by atoms with Crippen LogP contribution in [0.25, 0.3) is 11.4 Å². The van der Waals surface area contributed by atoms with E-state index in [2.05, 4.69) is 32.6 Å². The zero-order chi connectivity index (χ0) is 12.4. The van der Waals surface area contributed by atoms with Gasteiger partial charge in [-0.25, -0.2) is 9.97 Å². The molecule has 1 aromatic carbocycles. The number of hydrogen-bond donors (Lipinski definition) is 1. The minimum absolute atomic E-state index is 0.428. The average molecular weight is 362 g/mol. The van der Waals surface area contributed by atoms with E-state index in [1.54, 1.807) is 31.5 Å². The van der Waals surface area contributed by atoms with Crippen molar-refractivity contribution in [3.8, 4) is 17.1 Å². The quantitative estimate of drug-likeness (QED) is 0.836. The molecule has 0 radical (unpaired) electrons. The van der Waals surface area contributed by atoms with Crippen molar-refractivity contribution in [2.75, 3.05) is 12.8 Å². The van der Waals surface area contributed by atoms with Gasteiger partial charge >= 0.3 is 0 Å². The van der Waals surface area contributed by atoms with Crippen LogP contribution in [-0.4, -0.2) is 17.1 Å². The lowest BCUT2D eigenvalue weighted by molar-refractivity contribution is 0.416. The van der Waals surface area contributed by atoms with Crippen molar-refractivity contribution in [2.24, 2.45) is 0 Å². The standard InChI is InChI=1S/C11H9ClIN3O/c1-17-8-4-2-3-6(12)9(8)11-15-5-7(13)10(14)16-11/h2-5H,1H3,(H2,14,15,16). The molecule has 0 atom stereocenters. The first kappa shape index (κ1) is 12.4. The van der Waals surface area contributed by atoms with Gasteiger partial charge in [0.05, 0.1) is 21.3 Å². The van der Waals surface area contributed by atoms with Crippen LogP contribution in [0.5, 0.6) is 5.75 Å². The smallest absolute Gasteiger partial charge is 0.166 e. The van der Waals surface area contributed by atoms with Crippen LogP contribution in [0.2, 0.25) is 5.02 Å². The molecule has 0 spiro atoms. The van der Waals surface area contributed by atoms with Crippen molar-refractivity contribution in [1.29, 1.82) is 0 Å². The van der Waals surface area contributed by atoms with Crippen LogP contribution in [0.3, 0.4) is 0 Å². The topological polar surface area (TPSA) is 61.0 Å². The Morgan fingerprint density at radius 2 is 2.18 bits per heavy atom. The van der Waals surface area contributed by atoms with Gasteiger partial charge in [0, 0.05) is 6.20 Å². The van der Waals surface area contributed by atoms with Gasteiger partial charge in [0.25, 0.3) is 0 Å². The Labute approximate surface area is 117 Å².